The molecule has 0 bridgehead atoms. The van der Waals surface area contributed by atoms with E-state index < -0.39 is 11.6 Å². The van der Waals surface area contributed by atoms with Gasteiger partial charge in [-0.1, -0.05) is 48.5 Å². The van der Waals surface area contributed by atoms with Crippen LogP contribution in [0.4, 0.5) is 14.5 Å². The van der Waals surface area contributed by atoms with Crippen molar-refractivity contribution in [1.29, 1.82) is 0 Å². The maximum Gasteiger partial charge on any atom is 0.224 e. The van der Waals surface area contributed by atoms with Crippen molar-refractivity contribution in [3.05, 3.63) is 83.9 Å². The second-order valence-electron chi connectivity index (χ2n) is 6.04. The van der Waals surface area contributed by atoms with Crippen LogP contribution in [0, 0.1) is 11.6 Å². The lowest BCUT2D eigenvalue weighted by molar-refractivity contribution is -0.116. The zero-order valence-corrected chi connectivity index (χ0v) is 14.8. The van der Waals surface area contributed by atoms with Gasteiger partial charge in [-0.15, -0.1) is 0 Å². The monoisotopic (exact) mass is 367 g/mol. The van der Waals surface area contributed by atoms with E-state index in [0.29, 0.717) is 23.3 Å². The number of methoxy groups -OCH3 is 1. The first-order valence-electron chi connectivity index (χ1n) is 8.54. The predicted molar refractivity (Wildman–Crippen MR) is 102 cm³/mol. The van der Waals surface area contributed by atoms with Crippen molar-refractivity contribution in [1.82, 2.24) is 0 Å². The Kier molecular flexibility index (Phi) is 5.81. The topological polar surface area (TPSA) is 38.3 Å². The van der Waals surface area contributed by atoms with E-state index in [9.17, 15) is 13.6 Å². The Balaban J connectivity index is 1.80. The van der Waals surface area contributed by atoms with E-state index in [4.69, 9.17) is 4.74 Å². The molecule has 0 aromatic heterocycles. The summed E-state index contributed by atoms with van der Waals surface area (Å²) in [7, 11) is 1.57. The van der Waals surface area contributed by atoms with E-state index in [1.807, 2.05) is 30.3 Å². The lowest BCUT2D eigenvalue weighted by atomic mass is 10.0. The highest BCUT2D eigenvalue weighted by Gasteiger charge is 2.16. The van der Waals surface area contributed by atoms with Crippen LogP contribution < -0.4 is 10.1 Å². The van der Waals surface area contributed by atoms with Gasteiger partial charge in [0.05, 0.1) is 12.8 Å². The van der Waals surface area contributed by atoms with Crippen LogP contribution in [0.5, 0.6) is 5.75 Å². The van der Waals surface area contributed by atoms with Gasteiger partial charge < -0.3 is 10.1 Å². The third kappa shape index (κ3) is 4.50. The molecule has 3 nitrogen and oxygen atoms in total. The summed E-state index contributed by atoms with van der Waals surface area (Å²) in [6.45, 7) is 0. The summed E-state index contributed by atoms with van der Waals surface area (Å²) in [5, 5.41) is 2.59. The van der Waals surface area contributed by atoms with Crippen molar-refractivity contribution >= 4 is 11.6 Å². The normalized spacial score (nSPS) is 10.5. The molecule has 138 valence electrons. The van der Waals surface area contributed by atoms with E-state index in [0.717, 1.165) is 11.6 Å². The summed E-state index contributed by atoms with van der Waals surface area (Å²) in [6.07, 6.45) is 0.588. The number of amides is 1. The van der Waals surface area contributed by atoms with Gasteiger partial charge in [0.25, 0.3) is 0 Å². The predicted octanol–water partition coefficient (Wildman–Crippen LogP) is 5.21. The molecule has 0 atom stereocenters. The van der Waals surface area contributed by atoms with Gasteiger partial charge in [-0.2, -0.15) is 0 Å². The molecule has 0 aliphatic heterocycles. The molecule has 0 aliphatic rings. The Morgan fingerprint density at radius 2 is 1.70 bits per heavy atom. The molecule has 3 aromatic carbocycles. The number of para-hydroxylation sites is 1. The zero-order valence-electron chi connectivity index (χ0n) is 14.8. The third-order valence-corrected chi connectivity index (χ3v) is 4.22. The molecule has 27 heavy (non-hydrogen) atoms. The highest BCUT2D eigenvalue weighted by molar-refractivity contribution is 5.95. The van der Waals surface area contributed by atoms with Crippen LogP contribution in [0.15, 0.2) is 66.7 Å². The number of hydrogen-bond acceptors (Lipinski definition) is 2. The summed E-state index contributed by atoms with van der Waals surface area (Å²) < 4.78 is 33.4. The van der Waals surface area contributed by atoms with Crippen LogP contribution >= 0.6 is 0 Å². The molecule has 0 fully saturated rings. The Morgan fingerprint density at radius 3 is 2.44 bits per heavy atom. The van der Waals surface area contributed by atoms with Crippen LogP contribution in [0.25, 0.3) is 11.1 Å². The maximum atomic E-state index is 14.4. The van der Waals surface area contributed by atoms with Crippen molar-refractivity contribution in [3.8, 4) is 16.9 Å². The van der Waals surface area contributed by atoms with Gasteiger partial charge >= 0.3 is 0 Å². The Hall–Kier alpha value is -3.21. The van der Waals surface area contributed by atoms with Crippen molar-refractivity contribution in [2.24, 2.45) is 0 Å². The third-order valence-electron chi connectivity index (χ3n) is 4.22. The summed E-state index contributed by atoms with van der Waals surface area (Å²) in [5.74, 6) is -1.16. The number of nitrogens with one attached hydrogen (secondary N) is 1. The van der Waals surface area contributed by atoms with Gasteiger partial charge in [0.15, 0.2) is 0 Å². The minimum Gasteiger partial charge on any atom is -0.496 e. The zero-order chi connectivity index (χ0) is 19.2. The van der Waals surface area contributed by atoms with Gasteiger partial charge in [0, 0.05) is 18.1 Å². The second kappa shape index (κ2) is 8.45. The smallest absolute Gasteiger partial charge is 0.224 e. The van der Waals surface area contributed by atoms with Crippen LogP contribution in [0.1, 0.15) is 12.0 Å². The van der Waals surface area contributed by atoms with Crippen LogP contribution in [-0.2, 0) is 11.2 Å². The van der Waals surface area contributed by atoms with Crippen LogP contribution in [0.2, 0.25) is 0 Å². The van der Waals surface area contributed by atoms with Crippen molar-refractivity contribution in [2.75, 3.05) is 12.4 Å². The Bertz CT molecular complexity index is 942. The average molecular weight is 367 g/mol. The summed E-state index contributed by atoms with van der Waals surface area (Å²) >= 11 is 0. The molecule has 3 rings (SSSR count). The SMILES string of the molecule is COc1ccccc1CCC(=O)Nc1c(F)cc(F)cc1-c1ccccc1. The number of rotatable bonds is 6. The number of carbonyl (C=O) groups excluding carboxylic acids is 1. The molecular formula is C22H19F2NO2. The first-order chi connectivity index (χ1) is 13.1. The van der Waals surface area contributed by atoms with E-state index >= 15 is 0 Å². The number of carbonyl (C=O) groups is 1. The quantitative estimate of drug-likeness (QED) is 0.649. The van der Waals surface area contributed by atoms with Gasteiger partial charge in [0.2, 0.25) is 5.91 Å². The molecule has 0 heterocycles. The standard InChI is InChI=1S/C22H19F2NO2/c1-27-20-10-6-5-9-16(20)11-12-21(26)25-22-18(13-17(23)14-19(22)24)15-7-3-2-4-8-15/h2-10,13-14H,11-12H2,1H3,(H,25,26). The summed E-state index contributed by atoms with van der Waals surface area (Å²) in [6, 6.07) is 18.2. The molecule has 0 saturated heterocycles. The molecule has 0 aliphatic carbocycles. The number of hydrogen-bond donors (Lipinski definition) is 1. The van der Waals surface area contributed by atoms with E-state index in [-0.39, 0.29) is 18.0 Å². The average Bonchev–Trinajstić information content (AvgIpc) is 2.69. The highest BCUT2D eigenvalue weighted by Crippen LogP contribution is 2.31. The van der Waals surface area contributed by atoms with Crippen molar-refractivity contribution < 1.29 is 18.3 Å². The van der Waals surface area contributed by atoms with Gasteiger partial charge in [-0.25, -0.2) is 8.78 Å². The Labute approximate surface area is 156 Å². The minimum absolute atomic E-state index is 0.0207. The summed E-state index contributed by atoms with van der Waals surface area (Å²) in [4.78, 5) is 12.4. The van der Waals surface area contributed by atoms with Crippen molar-refractivity contribution in [2.45, 2.75) is 12.8 Å². The fourth-order valence-electron chi connectivity index (χ4n) is 2.91. The number of halogens is 2. The fourth-order valence-corrected chi connectivity index (χ4v) is 2.91. The largest absolute Gasteiger partial charge is 0.496 e. The first-order valence-corrected chi connectivity index (χ1v) is 8.54. The van der Waals surface area contributed by atoms with E-state index in [1.54, 1.807) is 31.4 Å². The first kappa shape index (κ1) is 18.6. The molecule has 1 N–H and O–H groups in total. The molecule has 0 radical (unpaired) electrons. The molecule has 5 heteroatoms. The highest BCUT2D eigenvalue weighted by atomic mass is 19.1. The lowest BCUT2D eigenvalue weighted by Gasteiger charge is -2.13. The Morgan fingerprint density at radius 1 is 1.00 bits per heavy atom. The number of ether oxygens (including phenoxy) is 1. The lowest BCUT2D eigenvalue weighted by Crippen LogP contribution is -2.14. The van der Waals surface area contributed by atoms with Gasteiger partial charge in [-0.05, 0) is 29.7 Å². The number of aryl methyl sites for hydroxylation is 1. The molecule has 0 unspecified atom stereocenters. The van der Waals surface area contributed by atoms with Crippen molar-refractivity contribution in [3.63, 3.8) is 0 Å². The van der Waals surface area contributed by atoms with E-state index in [2.05, 4.69) is 5.32 Å². The minimum atomic E-state index is -0.806. The number of benzene rings is 3. The molecule has 1 amide bonds. The fraction of sp³-hybridized carbons (Fsp3) is 0.136. The molecular weight excluding hydrogens is 348 g/mol. The maximum absolute atomic E-state index is 14.4. The van der Waals surface area contributed by atoms with Crippen LogP contribution in [-0.4, -0.2) is 13.0 Å². The second-order valence-corrected chi connectivity index (χ2v) is 6.04. The molecule has 0 saturated carbocycles. The molecule has 0 spiro atoms. The van der Waals surface area contributed by atoms with Gasteiger partial charge in [-0.3, -0.25) is 4.79 Å². The van der Waals surface area contributed by atoms with E-state index in [1.165, 1.54) is 6.07 Å². The van der Waals surface area contributed by atoms with Crippen LogP contribution in [0.3, 0.4) is 0 Å². The number of anilines is 1. The van der Waals surface area contributed by atoms with Gasteiger partial charge in [0.1, 0.15) is 17.4 Å². The molecule has 3 aromatic rings. The summed E-state index contributed by atoms with van der Waals surface area (Å²) in [5.41, 5.74) is 1.79.